The highest BCUT2D eigenvalue weighted by Gasteiger charge is 2.30. The van der Waals surface area contributed by atoms with E-state index in [1.165, 1.54) is 6.07 Å². The van der Waals surface area contributed by atoms with Crippen LogP contribution in [0.5, 0.6) is 0 Å². The Balaban J connectivity index is 1.13. The van der Waals surface area contributed by atoms with Gasteiger partial charge in [-0.1, -0.05) is 62.9 Å². The van der Waals surface area contributed by atoms with Crippen LogP contribution in [-0.4, -0.2) is 89.1 Å². The Morgan fingerprint density at radius 3 is 2.18 bits per heavy atom. The third-order valence-electron chi connectivity index (χ3n) is 10.0. The topological polar surface area (TPSA) is 194 Å². The zero-order valence-corrected chi connectivity index (χ0v) is 35.5. The van der Waals surface area contributed by atoms with Crippen LogP contribution in [0.15, 0.2) is 84.3 Å². The molecule has 1 aliphatic heterocycles. The number of hydrogen-bond acceptors (Lipinski definition) is 10. The molecule has 5 amide bonds. The van der Waals surface area contributed by atoms with Gasteiger partial charge in [-0.05, 0) is 60.7 Å². The number of allylic oxidation sites excluding steroid dienone is 1. The summed E-state index contributed by atoms with van der Waals surface area (Å²) in [5.74, 6) is -2.72. The van der Waals surface area contributed by atoms with Gasteiger partial charge >= 0.3 is 12.2 Å². The molecule has 2 atom stereocenters. The number of aromatic nitrogens is 1. The number of rotatable bonds is 17. The van der Waals surface area contributed by atoms with Gasteiger partial charge in [-0.3, -0.25) is 19.2 Å². The van der Waals surface area contributed by atoms with Crippen molar-refractivity contribution in [3.63, 3.8) is 0 Å². The number of anilines is 2. The Labute approximate surface area is 357 Å². The largest absolute Gasteiger partial charge is 0.445 e. The second-order valence-electron chi connectivity index (χ2n) is 14.9. The minimum atomic E-state index is -1.10. The molecule has 5 rings (SSSR count). The Bertz CT molecular complexity index is 2300. The number of carbonyl (C=O) groups is 5. The lowest BCUT2D eigenvalue weighted by molar-refractivity contribution is -0.128. The highest BCUT2D eigenvalue weighted by atomic mass is 32.2. The van der Waals surface area contributed by atoms with Crippen LogP contribution in [-0.2, 0) is 43.6 Å². The number of halogens is 1. The van der Waals surface area contributed by atoms with E-state index >= 15 is 4.39 Å². The van der Waals surface area contributed by atoms with Crippen molar-refractivity contribution in [1.29, 1.82) is 0 Å². The molecule has 0 radical (unpaired) electrons. The van der Waals surface area contributed by atoms with Crippen LogP contribution in [0, 0.1) is 11.7 Å². The molecule has 1 aromatic heterocycles. The second kappa shape index (κ2) is 21.2. The van der Waals surface area contributed by atoms with E-state index in [9.17, 15) is 28.8 Å². The second-order valence-corrected chi connectivity index (χ2v) is 16.0. The summed E-state index contributed by atoms with van der Waals surface area (Å²) in [6.45, 7) is 12.9. The van der Waals surface area contributed by atoms with E-state index < -0.39 is 47.8 Å². The summed E-state index contributed by atoms with van der Waals surface area (Å²) in [4.78, 5) is 80.3. The predicted molar refractivity (Wildman–Crippen MR) is 234 cm³/mol. The molecule has 2 heterocycles. The number of primary amides is 1. The molecular weight excluding hydrogens is 806 g/mol. The Morgan fingerprint density at radius 2 is 1.56 bits per heavy atom. The fourth-order valence-corrected chi connectivity index (χ4v) is 7.43. The van der Waals surface area contributed by atoms with Crippen molar-refractivity contribution in [2.75, 3.05) is 47.9 Å². The zero-order chi connectivity index (χ0) is 44.2. The SMILES string of the molecule is C=C(C)c1cn(CC)c2cc(N3CCN(C(=O)OCc4ccc(NC(=O)[C@H](CSCC(N)=O)NC(=O)[C@@H](NC(=O)OCc5ccccc5)C(C)C)cc4)CC3)c(F)cc2c1=O. The molecule has 5 N–H and O–H groups in total. The molecule has 1 fully saturated rings. The molecule has 15 nitrogen and oxygen atoms in total. The summed E-state index contributed by atoms with van der Waals surface area (Å²) >= 11 is 1.07. The predicted octanol–water partition coefficient (Wildman–Crippen LogP) is 5.25. The lowest BCUT2D eigenvalue weighted by Crippen LogP contribution is -2.55. The van der Waals surface area contributed by atoms with Crippen molar-refractivity contribution in [2.45, 2.75) is 59.5 Å². The maximum Gasteiger partial charge on any atom is 0.410 e. The number of alkyl carbamates (subject to hydrolysis) is 1. The van der Waals surface area contributed by atoms with Crippen molar-refractivity contribution in [3.8, 4) is 0 Å². The van der Waals surface area contributed by atoms with Crippen LogP contribution >= 0.6 is 11.8 Å². The van der Waals surface area contributed by atoms with E-state index in [2.05, 4.69) is 22.5 Å². The van der Waals surface area contributed by atoms with E-state index in [4.69, 9.17) is 15.2 Å². The number of amides is 5. The molecule has 0 unspecified atom stereocenters. The van der Waals surface area contributed by atoms with E-state index in [0.717, 1.165) is 17.3 Å². The number of carbonyl (C=O) groups excluding carboxylic acids is 5. The first-order valence-corrected chi connectivity index (χ1v) is 21.0. The lowest BCUT2D eigenvalue weighted by atomic mass is 10.0. The van der Waals surface area contributed by atoms with Crippen molar-refractivity contribution < 1.29 is 37.8 Å². The summed E-state index contributed by atoms with van der Waals surface area (Å²) < 4.78 is 28.2. The molecule has 0 aliphatic carbocycles. The quantitative estimate of drug-likeness (QED) is 0.109. The van der Waals surface area contributed by atoms with Crippen molar-refractivity contribution in [3.05, 3.63) is 112 Å². The first-order valence-electron chi connectivity index (χ1n) is 19.9. The summed E-state index contributed by atoms with van der Waals surface area (Å²) in [6, 6.07) is 16.5. The van der Waals surface area contributed by atoms with Crippen LogP contribution in [0.1, 0.15) is 44.4 Å². The fourth-order valence-electron chi connectivity index (χ4n) is 6.64. The van der Waals surface area contributed by atoms with Gasteiger partial charge in [0, 0.05) is 61.3 Å². The first-order chi connectivity index (χ1) is 29.1. The molecule has 0 bridgehead atoms. The smallest absolute Gasteiger partial charge is 0.410 e. The van der Waals surface area contributed by atoms with Crippen molar-refractivity contribution >= 4 is 69.5 Å². The molecule has 1 saturated heterocycles. The third kappa shape index (κ3) is 12.3. The van der Waals surface area contributed by atoms with Gasteiger partial charge in [-0.2, -0.15) is 0 Å². The molecule has 324 valence electrons. The molecule has 61 heavy (non-hydrogen) atoms. The highest BCUT2D eigenvalue weighted by Crippen LogP contribution is 2.27. The normalized spacial score (nSPS) is 13.6. The van der Waals surface area contributed by atoms with Gasteiger partial charge in [-0.25, -0.2) is 14.0 Å². The maximum atomic E-state index is 15.4. The number of pyridine rings is 1. The molecule has 17 heteroatoms. The lowest BCUT2D eigenvalue weighted by Gasteiger charge is -2.35. The summed E-state index contributed by atoms with van der Waals surface area (Å²) in [6.07, 6.45) is 0.417. The number of nitrogens with one attached hydrogen (secondary N) is 3. The number of ether oxygens (including phenoxy) is 2. The molecule has 3 aromatic carbocycles. The Kier molecular flexibility index (Phi) is 15.9. The number of piperazine rings is 1. The average Bonchev–Trinajstić information content (AvgIpc) is 3.24. The first kappa shape index (κ1) is 45.7. The number of hydrogen-bond donors (Lipinski definition) is 4. The third-order valence-corrected chi connectivity index (χ3v) is 11.1. The van der Waals surface area contributed by atoms with Gasteiger partial charge in [0.05, 0.1) is 17.0 Å². The summed E-state index contributed by atoms with van der Waals surface area (Å²) in [5, 5.41) is 8.31. The van der Waals surface area contributed by atoms with Crippen LogP contribution in [0.3, 0.4) is 0 Å². The minimum absolute atomic E-state index is 0.00700. The number of fused-ring (bicyclic) bond motifs is 1. The fraction of sp³-hybridized carbons (Fsp3) is 0.364. The van der Waals surface area contributed by atoms with Crippen molar-refractivity contribution in [1.82, 2.24) is 20.1 Å². The van der Waals surface area contributed by atoms with Gasteiger partial charge in [0.2, 0.25) is 17.7 Å². The van der Waals surface area contributed by atoms with Crippen LogP contribution in [0.2, 0.25) is 0 Å². The van der Waals surface area contributed by atoms with Gasteiger partial charge in [0.1, 0.15) is 31.1 Å². The van der Waals surface area contributed by atoms with Gasteiger partial charge in [0.25, 0.3) is 0 Å². The highest BCUT2D eigenvalue weighted by molar-refractivity contribution is 8.00. The van der Waals surface area contributed by atoms with Crippen molar-refractivity contribution in [2.24, 2.45) is 11.7 Å². The summed E-state index contributed by atoms with van der Waals surface area (Å²) in [5.41, 5.74) is 8.87. The van der Waals surface area contributed by atoms with Crippen LogP contribution in [0.25, 0.3) is 16.5 Å². The van der Waals surface area contributed by atoms with Gasteiger partial charge < -0.3 is 45.5 Å². The average molecular weight is 858 g/mol. The Morgan fingerprint density at radius 1 is 0.902 bits per heavy atom. The number of benzene rings is 3. The van der Waals surface area contributed by atoms with E-state index in [-0.39, 0.29) is 54.5 Å². The van der Waals surface area contributed by atoms with E-state index in [0.29, 0.717) is 53.2 Å². The summed E-state index contributed by atoms with van der Waals surface area (Å²) in [7, 11) is 0. The van der Waals surface area contributed by atoms with Crippen LogP contribution < -0.4 is 32.0 Å². The molecular formula is C44H52FN7O8S. The van der Waals surface area contributed by atoms with E-state index in [1.54, 1.807) is 74.3 Å². The van der Waals surface area contributed by atoms with Crippen LogP contribution in [0.4, 0.5) is 25.4 Å². The molecule has 0 saturated carbocycles. The molecule has 4 aromatic rings. The Hall–Kier alpha value is -6.36. The number of thioether (sulfide) groups is 1. The molecule has 1 aliphatic rings. The minimum Gasteiger partial charge on any atom is -0.445 e. The van der Waals surface area contributed by atoms with E-state index in [1.807, 2.05) is 34.6 Å². The monoisotopic (exact) mass is 857 g/mol. The maximum absolute atomic E-state index is 15.4. The zero-order valence-electron chi connectivity index (χ0n) is 34.7. The number of nitrogens with two attached hydrogens (primary N) is 1. The van der Waals surface area contributed by atoms with Gasteiger partial charge in [-0.15, -0.1) is 11.8 Å². The number of aryl methyl sites for hydroxylation is 1. The number of nitrogens with zero attached hydrogens (tertiary/aromatic N) is 3. The molecule has 0 spiro atoms. The standard InChI is InChI=1S/C44H52FN7O8S/c1-6-50-22-33(27(2)3)40(54)32-20-34(45)37(21-36(32)50)51-16-18-52(19-17-51)44(58)60-24-30-12-14-31(15-13-30)47-41(55)35(25-61-26-38(46)53)48-42(56)39(28(4)5)49-43(57)59-23-29-10-8-7-9-11-29/h7-15,20-22,28,35,39H,2,6,16-19,23-26H2,1,3-5H3,(H2,46,53)(H,47,55)(H,48,56)(H,49,57)/t35-,39-/m0/s1. The van der Waals surface area contributed by atoms with Gasteiger partial charge in [0.15, 0.2) is 5.43 Å².